The Morgan fingerprint density at radius 2 is 1.82 bits per heavy atom. The topological polar surface area (TPSA) is 50.2 Å². The Labute approximate surface area is 165 Å². The maximum absolute atomic E-state index is 14.7. The quantitative estimate of drug-likeness (QED) is 0.585. The van der Waals surface area contributed by atoms with Crippen LogP contribution in [0.25, 0.3) is 11.1 Å². The van der Waals surface area contributed by atoms with Gasteiger partial charge in [-0.3, -0.25) is 4.98 Å². The number of pyridine rings is 1. The van der Waals surface area contributed by atoms with E-state index in [0.717, 1.165) is 18.4 Å². The molecule has 1 aliphatic carbocycles. The molecule has 1 heterocycles. The molecule has 3 aromatic rings. The number of carboxylic acid groups (broad SMARTS) is 1. The van der Waals surface area contributed by atoms with Crippen LogP contribution in [0.5, 0.6) is 0 Å². The van der Waals surface area contributed by atoms with Crippen LogP contribution in [-0.4, -0.2) is 16.1 Å². The van der Waals surface area contributed by atoms with Gasteiger partial charge in [0.1, 0.15) is 11.6 Å². The largest absolute Gasteiger partial charge is 0.478 e. The molecule has 0 bridgehead atoms. The Morgan fingerprint density at radius 1 is 1.14 bits per heavy atom. The molecule has 1 aromatic heterocycles. The van der Waals surface area contributed by atoms with Crippen molar-refractivity contribution in [3.63, 3.8) is 0 Å². The minimum Gasteiger partial charge on any atom is -0.478 e. The van der Waals surface area contributed by atoms with E-state index in [1.807, 2.05) is 0 Å². The molecule has 2 aromatic carbocycles. The summed E-state index contributed by atoms with van der Waals surface area (Å²) in [5.41, 5.74) is 1.60. The Hall–Kier alpha value is -2.79. The second-order valence-electron chi connectivity index (χ2n) is 6.92. The van der Waals surface area contributed by atoms with Crippen LogP contribution in [0, 0.1) is 11.6 Å². The van der Waals surface area contributed by atoms with Crippen molar-refractivity contribution in [1.82, 2.24) is 4.98 Å². The first kappa shape index (κ1) is 18.6. The number of carbonyl (C=O) groups is 1. The lowest BCUT2D eigenvalue weighted by Crippen LogP contribution is -2.09. The molecular weight excluding hydrogens is 384 g/mol. The van der Waals surface area contributed by atoms with Gasteiger partial charge >= 0.3 is 5.97 Å². The van der Waals surface area contributed by atoms with Crippen molar-refractivity contribution >= 4 is 17.6 Å². The van der Waals surface area contributed by atoms with Crippen LogP contribution in [-0.2, 0) is 6.42 Å². The van der Waals surface area contributed by atoms with Gasteiger partial charge in [0.2, 0.25) is 0 Å². The molecule has 4 rings (SSSR count). The molecule has 1 aliphatic rings. The van der Waals surface area contributed by atoms with Gasteiger partial charge in [0, 0.05) is 28.8 Å². The van der Waals surface area contributed by atoms with Crippen molar-refractivity contribution in [3.8, 4) is 11.1 Å². The molecule has 3 nitrogen and oxygen atoms in total. The van der Waals surface area contributed by atoms with Crippen LogP contribution in [0.2, 0.25) is 5.02 Å². The van der Waals surface area contributed by atoms with Crippen LogP contribution >= 0.6 is 11.6 Å². The minimum atomic E-state index is -1.15. The highest BCUT2D eigenvalue weighted by Crippen LogP contribution is 2.40. The van der Waals surface area contributed by atoms with Gasteiger partial charge < -0.3 is 5.11 Å². The van der Waals surface area contributed by atoms with Gasteiger partial charge in [0.25, 0.3) is 0 Å². The molecule has 0 unspecified atom stereocenters. The molecule has 0 atom stereocenters. The van der Waals surface area contributed by atoms with Gasteiger partial charge in [0.15, 0.2) is 0 Å². The van der Waals surface area contributed by atoms with Crippen molar-refractivity contribution in [1.29, 1.82) is 0 Å². The van der Waals surface area contributed by atoms with E-state index < -0.39 is 17.6 Å². The first-order valence-corrected chi connectivity index (χ1v) is 9.26. The van der Waals surface area contributed by atoms with Crippen molar-refractivity contribution < 1.29 is 18.7 Å². The molecular formula is C22H16ClF2NO2. The van der Waals surface area contributed by atoms with Crippen LogP contribution in [0.4, 0.5) is 8.78 Å². The second-order valence-corrected chi connectivity index (χ2v) is 7.32. The molecule has 0 saturated heterocycles. The maximum Gasteiger partial charge on any atom is 0.337 e. The fraction of sp³-hybridized carbons (Fsp3) is 0.182. The molecule has 6 heteroatoms. The van der Waals surface area contributed by atoms with Gasteiger partial charge in [-0.15, -0.1) is 0 Å². The standard InChI is InChI=1S/C22H16ClF2NO2/c23-18-4-2-1-3-15(18)13-8-19(24)16(20(25)9-13)10-21-17(22(27)28)7-14(11-26-21)12-5-6-12/h1-4,7-9,11-12H,5-6,10H2,(H,27,28). The summed E-state index contributed by atoms with van der Waals surface area (Å²) in [6.45, 7) is 0. The number of aromatic nitrogens is 1. The minimum absolute atomic E-state index is 0.0154. The first-order chi connectivity index (χ1) is 13.4. The van der Waals surface area contributed by atoms with E-state index in [0.29, 0.717) is 22.1 Å². The van der Waals surface area contributed by atoms with Gasteiger partial charge in [-0.2, -0.15) is 0 Å². The lowest BCUT2D eigenvalue weighted by Gasteiger charge is -2.11. The summed E-state index contributed by atoms with van der Waals surface area (Å²) in [5, 5.41) is 9.88. The first-order valence-electron chi connectivity index (χ1n) is 8.89. The van der Waals surface area contributed by atoms with Crippen molar-refractivity contribution in [2.24, 2.45) is 0 Å². The van der Waals surface area contributed by atoms with E-state index >= 15 is 0 Å². The Bertz CT molecular complexity index is 1060. The number of nitrogens with zero attached hydrogens (tertiary/aromatic N) is 1. The normalized spacial score (nSPS) is 13.5. The number of halogens is 3. The van der Waals surface area contributed by atoms with Crippen molar-refractivity contribution in [2.75, 3.05) is 0 Å². The number of hydrogen-bond donors (Lipinski definition) is 1. The lowest BCUT2D eigenvalue weighted by atomic mass is 9.98. The van der Waals surface area contributed by atoms with E-state index in [1.54, 1.807) is 36.5 Å². The third-order valence-electron chi connectivity index (χ3n) is 4.94. The zero-order valence-electron chi connectivity index (χ0n) is 14.8. The molecule has 1 N–H and O–H groups in total. The van der Waals surface area contributed by atoms with Gasteiger partial charge in [-0.25, -0.2) is 13.6 Å². The highest BCUT2D eigenvalue weighted by Gasteiger charge is 2.26. The summed E-state index contributed by atoms with van der Waals surface area (Å²) in [4.78, 5) is 15.8. The molecule has 0 amide bonds. The monoisotopic (exact) mass is 399 g/mol. The van der Waals surface area contributed by atoms with Crippen LogP contribution in [0.3, 0.4) is 0 Å². The van der Waals surface area contributed by atoms with Gasteiger partial charge in [-0.05, 0) is 54.2 Å². The fourth-order valence-corrected chi connectivity index (χ4v) is 3.51. The maximum atomic E-state index is 14.7. The average molecular weight is 400 g/mol. The lowest BCUT2D eigenvalue weighted by molar-refractivity contribution is 0.0695. The van der Waals surface area contributed by atoms with Crippen LogP contribution in [0.15, 0.2) is 48.7 Å². The number of aromatic carboxylic acids is 1. The molecule has 0 aliphatic heterocycles. The van der Waals surface area contributed by atoms with E-state index in [-0.39, 0.29) is 23.2 Å². The molecule has 1 fully saturated rings. The third kappa shape index (κ3) is 3.62. The zero-order chi connectivity index (χ0) is 19.8. The highest BCUT2D eigenvalue weighted by atomic mass is 35.5. The number of rotatable bonds is 5. The highest BCUT2D eigenvalue weighted by molar-refractivity contribution is 6.33. The van der Waals surface area contributed by atoms with Crippen LogP contribution < -0.4 is 0 Å². The summed E-state index contributed by atoms with van der Waals surface area (Å²) in [6.07, 6.45) is 3.38. The van der Waals surface area contributed by atoms with Crippen LogP contribution in [0.1, 0.15) is 45.9 Å². The molecule has 0 radical (unpaired) electrons. The average Bonchev–Trinajstić information content (AvgIpc) is 3.50. The van der Waals surface area contributed by atoms with Gasteiger partial charge in [0.05, 0.1) is 11.3 Å². The summed E-state index contributed by atoms with van der Waals surface area (Å²) in [7, 11) is 0. The molecule has 28 heavy (non-hydrogen) atoms. The summed E-state index contributed by atoms with van der Waals surface area (Å²) < 4.78 is 29.4. The van der Waals surface area contributed by atoms with Crippen molar-refractivity contribution in [2.45, 2.75) is 25.2 Å². The van der Waals surface area contributed by atoms with E-state index in [4.69, 9.17) is 11.6 Å². The van der Waals surface area contributed by atoms with E-state index in [2.05, 4.69) is 4.98 Å². The predicted octanol–water partition coefficient (Wildman–Crippen LogP) is 5.85. The fourth-order valence-electron chi connectivity index (χ4n) is 3.27. The smallest absolute Gasteiger partial charge is 0.337 e. The summed E-state index contributed by atoms with van der Waals surface area (Å²) >= 11 is 6.11. The Balaban J connectivity index is 1.71. The summed E-state index contributed by atoms with van der Waals surface area (Å²) in [6, 6.07) is 10.8. The molecule has 0 spiro atoms. The molecule has 142 valence electrons. The number of hydrogen-bond acceptors (Lipinski definition) is 2. The van der Waals surface area contributed by atoms with Crippen molar-refractivity contribution in [3.05, 3.63) is 87.7 Å². The van der Waals surface area contributed by atoms with E-state index in [9.17, 15) is 18.7 Å². The number of carboxylic acids is 1. The Morgan fingerprint density at radius 3 is 2.43 bits per heavy atom. The second kappa shape index (κ2) is 7.32. The SMILES string of the molecule is O=C(O)c1cc(C2CC2)cnc1Cc1c(F)cc(-c2ccccc2Cl)cc1F. The predicted molar refractivity (Wildman–Crippen MR) is 103 cm³/mol. The zero-order valence-corrected chi connectivity index (χ0v) is 15.5. The molecule has 1 saturated carbocycles. The number of benzene rings is 2. The summed E-state index contributed by atoms with van der Waals surface area (Å²) in [5.74, 6) is -2.35. The van der Waals surface area contributed by atoms with E-state index in [1.165, 1.54) is 12.1 Å². The third-order valence-corrected chi connectivity index (χ3v) is 5.27. The Kier molecular flexibility index (Phi) is 4.85. The van der Waals surface area contributed by atoms with Gasteiger partial charge in [-0.1, -0.05) is 29.8 Å².